The first-order valence-corrected chi connectivity index (χ1v) is 11.9. The predicted octanol–water partition coefficient (Wildman–Crippen LogP) is 5.55. The standard InChI is InChI=1S/C28H28FN5O/c1-19-4-5-22(15-26(19)31-16-20-10-12-30-13-11-20)28(35)34-14-2-3-23(18-34)27-25(17-32-33-27)21-6-8-24(29)9-7-21/h4-13,15,17,23,31H,2-3,14,16,18H2,1H3,(H,32,33). The van der Waals surface area contributed by atoms with Crippen LogP contribution in [0.4, 0.5) is 10.1 Å². The summed E-state index contributed by atoms with van der Waals surface area (Å²) in [6.07, 6.45) is 7.21. The first kappa shape index (κ1) is 22.8. The zero-order valence-electron chi connectivity index (χ0n) is 19.7. The maximum atomic E-state index is 13.5. The van der Waals surface area contributed by atoms with Crippen molar-refractivity contribution in [2.24, 2.45) is 0 Å². The molecular weight excluding hydrogens is 441 g/mol. The molecule has 0 aliphatic carbocycles. The molecule has 1 unspecified atom stereocenters. The van der Waals surface area contributed by atoms with E-state index in [-0.39, 0.29) is 17.6 Å². The number of hydrogen-bond acceptors (Lipinski definition) is 4. The second-order valence-corrected chi connectivity index (χ2v) is 9.03. The van der Waals surface area contributed by atoms with Gasteiger partial charge in [-0.25, -0.2) is 4.39 Å². The van der Waals surface area contributed by atoms with Crippen LogP contribution in [0, 0.1) is 12.7 Å². The molecule has 0 bridgehead atoms. The summed E-state index contributed by atoms with van der Waals surface area (Å²) in [6, 6.07) is 16.2. The number of carbonyl (C=O) groups is 1. The Morgan fingerprint density at radius 3 is 2.74 bits per heavy atom. The molecule has 4 aromatic rings. The maximum absolute atomic E-state index is 13.5. The normalized spacial score (nSPS) is 15.7. The average molecular weight is 470 g/mol. The monoisotopic (exact) mass is 469 g/mol. The summed E-state index contributed by atoms with van der Waals surface area (Å²) in [6.45, 7) is 4.04. The van der Waals surface area contributed by atoms with Gasteiger partial charge in [0.05, 0.1) is 6.20 Å². The van der Waals surface area contributed by atoms with Crippen LogP contribution in [0.2, 0.25) is 0 Å². The summed E-state index contributed by atoms with van der Waals surface area (Å²) < 4.78 is 13.4. The number of benzene rings is 2. The molecular formula is C28H28FN5O. The minimum absolute atomic E-state index is 0.0320. The Balaban J connectivity index is 1.31. The van der Waals surface area contributed by atoms with Crippen molar-refractivity contribution in [3.63, 3.8) is 0 Å². The zero-order chi connectivity index (χ0) is 24.2. The Hall–Kier alpha value is -4.00. The molecule has 3 heterocycles. The number of H-pyrrole nitrogens is 1. The molecule has 1 fully saturated rings. The number of carbonyl (C=O) groups excluding carboxylic acids is 1. The van der Waals surface area contributed by atoms with Crippen LogP contribution in [0.25, 0.3) is 11.1 Å². The minimum Gasteiger partial charge on any atom is -0.381 e. The van der Waals surface area contributed by atoms with Gasteiger partial charge in [0.2, 0.25) is 0 Å². The lowest BCUT2D eigenvalue weighted by molar-refractivity contribution is 0.0706. The smallest absolute Gasteiger partial charge is 0.253 e. The molecule has 1 atom stereocenters. The van der Waals surface area contributed by atoms with Gasteiger partial charge in [0.15, 0.2) is 0 Å². The quantitative estimate of drug-likeness (QED) is 0.388. The van der Waals surface area contributed by atoms with E-state index in [4.69, 9.17) is 0 Å². The first-order valence-electron chi connectivity index (χ1n) is 11.9. The molecule has 1 saturated heterocycles. The van der Waals surface area contributed by atoms with Crippen LogP contribution in [0.3, 0.4) is 0 Å². The molecule has 0 spiro atoms. The Labute approximate surface area is 204 Å². The highest BCUT2D eigenvalue weighted by Crippen LogP contribution is 2.33. The number of aromatic nitrogens is 3. The highest BCUT2D eigenvalue weighted by Gasteiger charge is 2.28. The summed E-state index contributed by atoms with van der Waals surface area (Å²) in [4.78, 5) is 19.5. The number of anilines is 1. The summed E-state index contributed by atoms with van der Waals surface area (Å²) in [7, 11) is 0. The van der Waals surface area contributed by atoms with Crippen molar-refractivity contribution in [2.75, 3.05) is 18.4 Å². The third-order valence-electron chi connectivity index (χ3n) is 6.66. The molecule has 2 aromatic heterocycles. The molecule has 2 N–H and O–H groups in total. The van der Waals surface area contributed by atoms with E-state index in [0.29, 0.717) is 18.7 Å². The van der Waals surface area contributed by atoms with Crippen LogP contribution < -0.4 is 5.32 Å². The number of likely N-dealkylation sites (tertiary alicyclic amines) is 1. The third-order valence-corrected chi connectivity index (χ3v) is 6.66. The number of nitrogens with one attached hydrogen (secondary N) is 2. The van der Waals surface area contributed by atoms with Gasteiger partial charge in [-0.1, -0.05) is 18.2 Å². The molecule has 5 rings (SSSR count). The predicted molar refractivity (Wildman–Crippen MR) is 135 cm³/mol. The summed E-state index contributed by atoms with van der Waals surface area (Å²) >= 11 is 0. The molecule has 0 saturated carbocycles. The Bertz CT molecular complexity index is 1300. The summed E-state index contributed by atoms with van der Waals surface area (Å²) in [5.41, 5.74) is 6.73. The van der Waals surface area contributed by atoms with E-state index in [9.17, 15) is 9.18 Å². The second kappa shape index (κ2) is 10.1. The molecule has 178 valence electrons. The second-order valence-electron chi connectivity index (χ2n) is 9.03. The molecule has 7 heteroatoms. The van der Waals surface area contributed by atoms with E-state index < -0.39 is 0 Å². The van der Waals surface area contributed by atoms with Gasteiger partial charge in [0, 0.05) is 60.5 Å². The van der Waals surface area contributed by atoms with E-state index in [0.717, 1.165) is 53.0 Å². The van der Waals surface area contributed by atoms with Crippen LogP contribution in [-0.4, -0.2) is 39.1 Å². The van der Waals surface area contributed by atoms with Crippen LogP contribution in [0.15, 0.2) is 73.2 Å². The van der Waals surface area contributed by atoms with Gasteiger partial charge < -0.3 is 10.2 Å². The van der Waals surface area contributed by atoms with Crippen molar-refractivity contribution in [3.05, 3.63) is 101 Å². The van der Waals surface area contributed by atoms with Crippen LogP contribution in [0.1, 0.15) is 45.9 Å². The van der Waals surface area contributed by atoms with Crippen molar-refractivity contribution in [1.82, 2.24) is 20.1 Å². The van der Waals surface area contributed by atoms with Crippen LogP contribution >= 0.6 is 0 Å². The lowest BCUT2D eigenvalue weighted by Crippen LogP contribution is -2.39. The minimum atomic E-state index is -0.263. The van der Waals surface area contributed by atoms with Crippen molar-refractivity contribution >= 4 is 11.6 Å². The van der Waals surface area contributed by atoms with Gasteiger partial charge in [-0.15, -0.1) is 0 Å². The highest BCUT2D eigenvalue weighted by molar-refractivity contribution is 5.95. The fraction of sp³-hybridized carbons (Fsp3) is 0.250. The Kier molecular flexibility index (Phi) is 6.57. The number of pyridine rings is 1. The lowest BCUT2D eigenvalue weighted by atomic mass is 9.90. The molecule has 0 radical (unpaired) electrons. The molecule has 2 aromatic carbocycles. The fourth-order valence-corrected chi connectivity index (χ4v) is 4.69. The van der Waals surface area contributed by atoms with Gasteiger partial charge in [0.25, 0.3) is 5.91 Å². The average Bonchev–Trinajstić information content (AvgIpc) is 3.39. The summed E-state index contributed by atoms with van der Waals surface area (Å²) in [5.74, 6) is -0.0875. The van der Waals surface area contributed by atoms with Crippen LogP contribution in [0.5, 0.6) is 0 Å². The van der Waals surface area contributed by atoms with E-state index in [1.807, 2.05) is 42.2 Å². The number of amides is 1. The topological polar surface area (TPSA) is 73.9 Å². The van der Waals surface area contributed by atoms with Gasteiger partial charge in [-0.2, -0.15) is 5.10 Å². The van der Waals surface area contributed by atoms with Crippen molar-refractivity contribution in [2.45, 2.75) is 32.2 Å². The summed E-state index contributed by atoms with van der Waals surface area (Å²) in [5, 5.41) is 10.8. The molecule has 6 nitrogen and oxygen atoms in total. The number of nitrogens with zero attached hydrogens (tertiary/aromatic N) is 3. The number of aryl methyl sites for hydroxylation is 1. The van der Waals surface area contributed by atoms with Gasteiger partial charge in [-0.05, 0) is 72.9 Å². The first-order chi connectivity index (χ1) is 17.1. The molecule has 35 heavy (non-hydrogen) atoms. The van der Waals surface area contributed by atoms with Gasteiger partial charge in [-0.3, -0.25) is 14.9 Å². The molecule has 1 amide bonds. The van der Waals surface area contributed by atoms with E-state index in [2.05, 4.69) is 20.5 Å². The molecule has 1 aliphatic rings. The molecule has 1 aliphatic heterocycles. The lowest BCUT2D eigenvalue weighted by Gasteiger charge is -2.33. The van der Waals surface area contributed by atoms with Gasteiger partial charge in [0.1, 0.15) is 5.82 Å². The number of piperidine rings is 1. The number of aromatic amines is 1. The van der Waals surface area contributed by atoms with Crippen molar-refractivity contribution in [1.29, 1.82) is 0 Å². The number of hydrogen-bond donors (Lipinski definition) is 2. The zero-order valence-corrected chi connectivity index (χ0v) is 19.7. The maximum Gasteiger partial charge on any atom is 0.253 e. The number of halogens is 1. The van der Waals surface area contributed by atoms with Gasteiger partial charge >= 0.3 is 0 Å². The van der Waals surface area contributed by atoms with Crippen molar-refractivity contribution < 1.29 is 9.18 Å². The van der Waals surface area contributed by atoms with E-state index in [1.165, 1.54) is 12.1 Å². The largest absolute Gasteiger partial charge is 0.381 e. The Morgan fingerprint density at radius 1 is 1.14 bits per heavy atom. The Morgan fingerprint density at radius 2 is 1.94 bits per heavy atom. The fourth-order valence-electron chi connectivity index (χ4n) is 4.69. The van der Waals surface area contributed by atoms with E-state index >= 15 is 0 Å². The highest BCUT2D eigenvalue weighted by atomic mass is 19.1. The number of rotatable bonds is 6. The van der Waals surface area contributed by atoms with Crippen LogP contribution in [-0.2, 0) is 6.54 Å². The van der Waals surface area contributed by atoms with E-state index in [1.54, 1.807) is 30.7 Å². The SMILES string of the molecule is Cc1ccc(C(=O)N2CCCC(c3[nH]ncc3-c3ccc(F)cc3)C2)cc1NCc1ccncc1. The van der Waals surface area contributed by atoms with Crippen molar-refractivity contribution in [3.8, 4) is 11.1 Å². The third kappa shape index (κ3) is 5.09.